The fourth-order valence-electron chi connectivity index (χ4n) is 3.06. The molecule has 0 spiro atoms. The Morgan fingerprint density at radius 2 is 2.07 bits per heavy atom. The van der Waals surface area contributed by atoms with Gasteiger partial charge in [0.2, 0.25) is 0 Å². The standard InChI is InChI=1S/C13H17N/c1-2-5-11-10(4-1)7-8-13-12(11)6-3-9-14-13/h1-2,4-5,12-14H,3,6-9H2/t12-,13+/m1/s1. The van der Waals surface area contributed by atoms with Crippen molar-refractivity contribution in [1.82, 2.24) is 5.32 Å². The maximum Gasteiger partial charge on any atom is 0.0139 e. The first-order valence-electron chi connectivity index (χ1n) is 5.76. The van der Waals surface area contributed by atoms with E-state index >= 15 is 0 Å². The highest BCUT2D eigenvalue weighted by atomic mass is 14.9. The summed E-state index contributed by atoms with van der Waals surface area (Å²) >= 11 is 0. The van der Waals surface area contributed by atoms with Gasteiger partial charge in [-0.05, 0) is 49.3 Å². The monoisotopic (exact) mass is 187 g/mol. The lowest BCUT2D eigenvalue weighted by Crippen LogP contribution is -2.42. The highest BCUT2D eigenvalue weighted by Crippen LogP contribution is 2.36. The minimum atomic E-state index is 0.763. The van der Waals surface area contributed by atoms with Gasteiger partial charge in [-0.1, -0.05) is 24.3 Å². The molecule has 0 aromatic heterocycles. The van der Waals surface area contributed by atoms with E-state index < -0.39 is 0 Å². The first kappa shape index (κ1) is 8.49. The van der Waals surface area contributed by atoms with E-state index in [2.05, 4.69) is 29.6 Å². The molecule has 1 fully saturated rings. The van der Waals surface area contributed by atoms with Crippen molar-refractivity contribution in [1.29, 1.82) is 0 Å². The molecule has 1 heterocycles. The summed E-state index contributed by atoms with van der Waals surface area (Å²) in [5.74, 6) is 0.800. The molecule has 1 aromatic carbocycles. The minimum Gasteiger partial charge on any atom is -0.313 e. The van der Waals surface area contributed by atoms with Crippen LogP contribution in [-0.4, -0.2) is 12.6 Å². The maximum atomic E-state index is 3.66. The van der Waals surface area contributed by atoms with Gasteiger partial charge in [0.25, 0.3) is 0 Å². The summed E-state index contributed by atoms with van der Waals surface area (Å²) in [4.78, 5) is 0. The summed E-state index contributed by atoms with van der Waals surface area (Å²) in [6, 6.07) is 9.77. The lowest BCUT2D eigenvalue weighted by molar-refractivity contribution is 0.319. The molecule has 14 heavy (non-hydrogen) atoms. The number of hydrogen-bond acceptors (Lipinski definition) is 1. The van der Waals surface area contributed by atoms with Crippen LogP contribution >= 0.6 is 0 Å². The average Bonchev–Trinajstić information content (AvgIpc) is 2.29. The number of piperidine rings is 1. The molecule has 0 radical (unpaired) electrons. The van der Waals surface area contributed by atoms with E-state index in [-0.39, 0.29) is 0 Å². The fourth-order valence-corrected chi connectivity index (χ4v) is 3.06. The Kier molecular flexibility index (Phi) is 2.06. The Balaban J connectivity index is 1.99. The summed E-state index contributed by atoms with van der Waals surface area (Å²) in [5.41, 5.74) is 3.22. The van der Waals surface area contributed by atoms with Gasteiger partial charge in [0.15, 0.2) is 0 Å². The first-order chi connectivity index (χ1) is 6.95. The molecule has 2 atom stereocenters. The number of fused-ring (bicyclic) bond motifs is 3. The molecule has 1 aliphatic heterocycles. The summed E-state index contributed by atoms with van der Waals surface area (Å²) < 4.78 is 0. The zero-order chi connectivity index (χ0) is 9.38. The predicted octanol–water partition coefficient (Wildman–Crippen LogP) is 2.47. The van der Waals surface area contributed by atoms with Gasteiger partial charge in [-0.15, -0.1) is 0 Å². The zero-order valence-electron chi connectivity index (χ0n) is 8.50. The van der Waals surface area contributed by atoms with Crippen molar-refractivity contribution in [2.24, 2.45) is 0 Å². The van der Waals surface area contributed by atoms with Gasteiger partial charge in [-0.25, -0.2) is 0 Å². The molecule has 1 saturated heterocycles. The van der Waals surface area contributed by atoms with Crippen LogP contribution in [0.15, 0.2) is 24.3 Å². The van der Waals surface area contributed by atoms with E-state index in [0.717, 1.165) is 12.0 Å². The van der Waals surface area contributed by atoms with E-state index in [1.165, 1.54) is 32.2 Å². The Morgan fingerprint density at radius 1 is 1.14 bits per heavy atom. The highest BCUT2D eigenvalue weighted by Gasteiger charge is 2.30. The normalized spacial score (nSPS) is 30.6. The van der Waals surface area contributed by atoms with E-state index in [9.17, 15) is 0 Å². The second-order valence-corrected chi connectivity index (χ2v) is 4.55. The second kappa shape index (κ2) is 3.39. The van der Waals surface area contributed by atoms with Gasteiger partial charge in [0, 0.05) is 6.04 Å². The SMILES string of the molecule is c1ccc2c(c1)CC[C@@H]1NCCC[C@H]21. The molecule has 2 aliphatic rings. The van der Waals surface area contributed by atoms with Crippen LogP contribution in [0.5, 0.6) is 0 Å². The molecular formula is C13H17N. The van der Waals surface area contributed by atoms with Gasteiger partial charge in [-0.3, -0.25) is 0 Å². The molecule has 0 saturated carbocycles. The largest absolute Gasteiger partial charge is 0.313 e. The van der Waals surface area contributed by atoms with E-state index in [1.807, 2.05) is 0 Å². The average molecular weight is 187 g/mol. The number of hydrogen-bond donors (Lipinski definition) is 1. The van der Waals surface area contributed by atoms with E-state index in [1.54, 1.807) is 11.1 Å². The van der Waals surface area contributed by atoms with Gasteiger partial charge in [0.1, 0.15) is 0 Å². The van der Waals surface area contributed by atoms with Crippen molar-refractivity contribution < 1.29 is 0 Å². The van der Waals surface area contributed by atoms with E-state index in [0.29, 0.717) is 0 Å². The van der Waals surface area contributed by atoms with Crippen molar-refractivity contribution in [2.45, 2.75) is 37.6 Å². The molecule has 1 aromatic rings. The molecule has 3 rings (SSSR count). The second-order valence-electron chi connectivity index (χ2n) is 4.55. The minimum absolute atomic E-state index is 0.763. The fraction of sp³-hybridized carbons (Fsp3) is 0.538. The molecule has 0 amide bonds. The third-order valence-corrected chi connectivity index (χ3v) is 3.76. The molecular weight excluding hydrogens is 170 g/mol. The third kappa shape index (κ3) is 1.27. The number of nitrogens with one attached hydrogen (secondary N) is 1. The Labute approximate surface area is 85.5 Å². The molecule has 1 N–H and O–H groups in total. The van der Waals surface area contributed by atoms with Gasteiger partial charge in [0.05, 0.1) is 0 Å². The molecule has 1 nitrogen and oxygen atoms in total. The first-order valence-corrected chi connectivity index (χ1v) is 5.76. The Morgan fingerprint density at radius 3 is 3.07 bits per heavy atom. The zero-order valence-corrected chi connectivity index (χ0v) is 8.50. The molecule has 1 aliphatic carbocycles. The summed E-state index contributed by atoms with van der Waals surface area (Å²) in [7, 11) is 0. The van der Waals surface area contributed by atoms with Crippen LogP contribution in [0.3, 0.4) is 0 Å². The quantitative estimate of drug-likeness (QED) is 0.658. The highest BCUT2D eigenvalue weighted by molar-refractivity contribution is 5.34. The van der Waals surface area contributed by atoms with Crippen LogP contribution in [0.2, 0.25) is 0 Å². The summed E-state index contributed by atoms with van der Waals surface area (Å²) in [5, 5.41) is 3.66. The molecule has 0 bridgehead atoms. The third-order valence-electron chi connectivity index (χ3n) is 3.76. The smallest absolute Gasteiger partial charge is 0.0139 e. The number of aryl methyl sites for hydroxylation is 1. The van der Waals surface area contributed by atoms with Crippen molar-refractivity contribution in [3.8, 4) is 0 Å². The van der Waals surface area contributed by atoms with E-state index in [4.69, 9.17) is 0 Å². The Bertz CT molecular complexity index is 332. The van der Waals surface area contributed by atoms with Crippen LogP contribution < -0.4 is 5.32 Å². The predicted molar refractivity (Wildman–Crippen MR) is 58.5 cm³/mol. The number of benzene rings is 1. The summed E-state index contributed by atoms with van der Waals surface area (Å²) in [6.45, 7) is 1.23. The molecule has 1 heteroatoms. The van der Waals surface area contributed by atoms with Crippen molar-refractivity contribution >= 4 is 0 Å². The van der Waals surface area contributed by atoms with Crippen LogP contribution in [0.1, 0.15) is 36.3 Å². The lowest BCUT2D eigenvalue weighted by Gasteiger charge is -2.37. The van der Waals surface area contributed by atoms with Crippen molar-refractivity contribution in [2.75, 3.05) is 6.54 Å². The van der Waals surface area contributed by atoms with Crippen LogP contribution in [0.25, 0.3) is 0 Å². The van der Waals surface area contributed by atoms with Crippen LogP contribution in [0.4, 0.5) is 0 Å². The summed E-state index contributed by atoms with van der Waals surface area (Å²) in [6.07, 6.45) is 5.33. The lowest BCUT2D eigenvalue weighted by atomic mass is 9.75. The van der Waals surface area contributed by atoms with Gasteiger partial charge < -0.3 is 5.32 Å². The van der Waals surface area contributed by atoms with Gasteiger partial charge in [-0.2, -0.15) is 0 Å². The van der Waals surface area contributed by atoms with Crippen LogP contribution in [-0.2, 0) is 6.42 Å². The topological polar surface area (TPSA) is 12.0 Å². The van der Waals surface area contributed by atoms with Crippen LogP contribution in [0, 0.1) is 0 Å². The maximum absolute atomic E-state index is 3.66. The van der Waals surface area contributed by atoms with Crippen molar-refractivity contribution in [3.63, 3.8) is 0 Å². The number of rotatable bonds is 0. The molecule has 74 valence electrons. The van der Waals surface area contributed by atoms with Gasteiger partial charge >= 0.3 is 0 Å². The Hall–Kier alpha value is -0.820. The molecule has 0 unspecified atom stereocenters. The van der Waals surface area contributed by atoms with Crippen molar-refractivity contribution in [3.05, 3.63) is 35.4 Å².